The molecule has 0 radical (unpaired) electrons. The number of benzene rings is 2. The van der Waals surface area contributed by atoms with Crippen molar-refractivity contribution in [3.63, 3.8) is 0 Å². The number of pyridine rings is 1. The topological polar surface area (TPSA) is 101 Å². The van der Waals surface area contributed by atoms with Gasteiger partial charge in [0.1, 0.15) is 22.9 Å². The van der Waals surface area contributed by atoms with Gasteiger partial charge in [-0.2, -0.15) is 0 Å². The number of carbonyl (C=O) groups is 2. The number of aryl methyl sites for hydroxylation is 1. The lowest BCUT2D eigenvalue weighted by Crippen LogP contribution is -2.18. The van der Waals surface area contributed by atoms with E-state index in [-0.39, 0.29) is 23.3 Å². The summed E-state index contributed by atoms with van der Waals surface area (Å²) in [6.45, 7) is 1.87. The van der Waals surface area contributed by atoms with Crippen LogP contribution in [-0.4, -0.2) is 29.0 Å². The number of nitrogens with one attached hydrogen (secondary N) is 2. The van der Waals surface area contributed by atoms with E-state index in [1.165, 1.54) is 25.4 Å². The van der Waals surface area contributed by atoms with Crippen molar-refractivity contribution in [2.24, 2.45) is 0 Å². The Morgan fingerprint density at radius 2 is 1.71 bits per heavy atom. The molecule has 0 fully saturated rings. The third-order valence-electron chi connectivity index (χ3n) is 3.94. The molecular weight excluding hydrogens is 358 g/mol. The summed E-state index contributed by atoms with van der Waals surface area (Å²) < 4.78 is 5.71. The fourth-order valence-corrected chi connectivity index (χ4v) is 2.48. The Balaban J connectivity index is 1.70. The van der Waals surface area contributed by atoms with E-state index in [2.05, 4.69) is 15.6 Å². The highest BCUT2D eigenvalue weighted by molar-refractivity contribution is 6.05. The molecule has 7 nitrogen and oxygen atoms in total. The number of phenols is 1. The molecule has 0 atom stereocenters. The van der Waals surface area contributed by atoms with Gasteiger partial charge in [0, 0.05) is 24.9 Å². The molecule has 28 heavy (non-hydrogen) atoms. The Hall–Kier alpha value is -3.87. The van der Waals surface area contributed by atoms with Gasteiger partial charge in [-0.05, 0) is 55.0 Å². The molecule has 0 aliphatic heterocycles. The van der Waals surface area contributed by atoms with Crippen LogP contribution >= 0.6 is 0 Å². The maximum atomic E-state index is 12.4. The zero-order valence-corrected chi connectivity index (χ0v) is 15.4. The van der Waals surface area contributed by atoms with Gasteiger partial charge in [0.25, 0.3) is 11.8 Å². The van der Waals surface area contributed by atoms with Crippen LogP contribution in [0.1, 0.15) is 26.4 Å². The second kappa shape index (κ2) is 8.22. The molecule has 0 saturated carbocycles. The highest BCUT2D eigenvalue weighted by Gasteiger charge is 2.10. The fraction of sp³-hybridized carbons (Fsp3) is 0.0952. The van der Waals surface area contributed by atoms with E-state index >= 15 is 0 Å². The molecule has 0 bridgehead atoms. The van der Waals surface area contributed by atoms with E-state index in [1.54, 1.807) is 42.5 Å². The maximum Gasteiger partial charge on any atom is 0.269 e. The van der Waals surface area contributed by atoms with Gasteiger partial charge in [0.15, 0.2) is 0 Å². The number of aromatic hydroxyl groups is 1. The number of nitrogens with zero attached hydrogens (tertiary/aromatic N) is 1. The molecule has 0 aliphatic carbocycles. The molecule has 0 unspecified atom stereocenters. The number of hydrogen-bond donors (Lipinski definition) is 3. The van der Waals surface area contributed by atoms with Gasteiger partial charge in [0.05, 0.1) is 5.69 Å². The minimum atomic E-state index is -0.349. The zero-order valence-electron chi connectivity index (χ0n) is 15.4. The van der Waals surface area contributed by atoms with Crippen molar-refractivity contribution in [1.29, 1.82) is 0 Å². The zero-order chi connectivity index (χ0) is 20.1. The number of carbonyl (C=O) groups excluding carboxylic acids is 2. The minimum absolute atomic E-state index is 0.00325. The predicted octanol–water partition coefficient (Wildman–Crippen LogP) is 3.50. The Kier molecular flexibility index (Phi) is 5.55. The second-order valence-corrected chi connectivity index (χ2v) is 6.06. The van der Waals surface area contributed by atoms with Crippen LogP contribution in [0.2, 0.25) is 0 Å². The molecule has 3 N–H and O–H groups in total. The van der Waals surface area contributed by atoms with Crippen LogP contribution in [0.15, 0.2) is 60.8 Å². The molecule has 1 heterocycles. The average Bonchev–Trinajstić information content (AvgIpc) is 2.71. The van der Waals surface area contributed by atoms with Crippen LogP contribution in [0, 0.1) is 6.92 Å². The van der Waals surface area contributed by atoms with E-state index in [9.17, 15) is 14.7 Å². The summed E-state index contributed by atoms with van der Waals surface area (Å²) in [6, 6.07) is 14.6. The number of hydrogen-bond acceptors (Lipinski definition) is 5. The Labute approximate surface area is 162 Å². The first-order valence-electron chi connectivity index (χ1n) is 8.53. The molecule has 2 aromatic carbocycles. The summed E-state index contributed by atoms with van der Waals surface area (Å²) in [5.74, 6) is 0.304. The van der Waals surface area contributed by atoms with Crippen molar-refractivity contribution in [2.75, 3.05) is 12.4 Å². The Bertz CT molecular complexity index is 1020. The molecule has 142 valence electrons. The van der Waals surface area contributed by atoms with Crippen molar-refractivity contribution in [3.8, 4) is 17.2 Å². The molecule has 3 rings (SSSR count). The highest BCUT2D eigenvalue weighted by Crippen LogP contribution is 2.25. The van der Waals surface area contributed by atoms with Crippen molar-refractivity contribution in [2.45, 2.75) is 6.92 Å². The SMILES string of the molecule is CNC(=O)c1cc(Oc2ccc(C(=O)Nc3cc(C)ccc3O)cc2)ccn1. The number of anilines is 1. The van der Waals surface area contributed by atoms with Crippen molar-refractivity contribution in [3.05, 3.63) is 77.6 Å². The lowest BCUT2D eigenvalue weighted by Gasteiger charge is -2.10. The molecule has 0 saturated heterocycles. The lowest BCUT2D eigenvalue weighted by atomic mass is 10.1. The normalized spacial score (nSPS) is 10.2. The third-order valence-corrected chi connectivity index (χ3v) is 3.94. The average molecular weight is 377 g/mol. The van der Waals surface area contributed by atoms with E-state index in [0.29, 0.717) is 22.7 Å². The maximum absolute atomic E-state index is 12.4. The summed E-state index contributed by atoms with van der Waals surface area (Å²) >= 11 is 0. The molecule has 0 aliphatic rings. The van der Waals surface area contributed by atoms with Gasteiger partial charge in [-0.25, -0.2) is 0 Å². The van der Waals surface area contributed by atoms with Gasteiger partial charge in [-0.3, -0.25) is 14.6 Å². The molecule has 0 spiro atoms. The van der Waals surface area contributed by atoms with Crippen LogP contribution in [0.25, 0.3) is 0 Å². The predicted molar refractivity (Wildman–Crippen MR) is 105 cm³/mol. The first kappa shape index (κ1) is 18.9. The largest absolute Gasteiger partial charge is 0.506 e. The number of aromatic nitrogens is 1. The number of amides is 2. The van der Waals surface area contributed by atoms with E-state index in [4.69, 9.17) is 4.74 Å². The highest BCUT2D eigenvalue weighted by atomic mass is 16.5. The quantitative estimate of drug-likeness (QED) is 0.591. The Morgan fingerprint density at radius 3 is 2.43 bits per heavy atom. The fourth-order valence-electron chi connectivity index (χ4n) is 2.48. The first-order chi connectivity index (χ1) is 13.5. The van der Waals surface area contributed by atoms with E-state index in [1.807, 2.05) is 6.92 Å². The summed E-state index contributed by atoms with van der Waals surface area (Å²) in [6.07, 6.45) is 1.48. The van der Waals surface area contributed by atoms with Crippen LogP contribution in [0.3, 0.4) is 0 Å². The minimum Gasteiger partial charge on any atom is -0.506 e. The summed E-state index contributed by atoms with van der Waals surface area (Å²) in [5.41, 5.74) is 1.93. The van der Waals surface area contributed by atoms with Crippen LogP contribution in [0.5, 0.6) is 17.2 Å². The number of ether oxygens (including phenoxy) is 1. The van der Waals surface area contributed by atoms with Gasteiger partial charge >= 0.3 is 0 Å². The lowest BCUT2D eigenvalue weighted by molar-refractivity contribution is 0.0957. The van der Waals surface area contributed by atoms with Gasteiger partial charge in [-0.15, -0.1) is 0 Å². The number of phenolic OH excluding ortho intramolecular Hbond substituents is 1. The van der Waals surface area contributed by atoms with Gasteiger partial charge < -0.3 is 20.5 Å². The number of rotatable bonds is 5. The summed E-state index contributed by atoms with van der Waals surface area (Å²) in [7, 11) is 1.53. The monoisotopic (exact) mass is 377 g/mol. The second-order valence-electron chi connectivity index (χ2n) is 6.06. The summed E-state index contributed by atoms with van der Waals surface area (Å²) in [5, 5.41) is 15.0. The van der Waals surface area contributed by atoms with Gasteiger partial charge in [0.2, 0.25) is 0 Å². The van der Waals surface area contributed by atoms with Crippen LogP contribution in [0.4, 0.5) is 5.69 Å². The van der Waals surface area contributed by atoms with E-state index < -0.39 is 0 Å². The van der Waals surface area contributed by atoms with Gasteiger partial charge in [-0.1, -0.05) is 6.07 Å². The van der Waals surface area contributed by atoms with Crippen molar-refractivity contribution >= 4 is 17.5 Å². The Morgan fingerprint density at radius 1 is 0.964 bits per heavy atom. The molecular formula is C21H19N3O4. The standard InChI is InChI=1S/C21H19N3O4/c1-13-3-8-19(25)17(11-13)24-20(26)14-4-6-15(7-5-14)28-16-9-10-23-18(12-16)21(27)22-2/h3-12,25H,1-2H3,(H,22,27)(H,24,26). The molecule has 3 aromatic rings. The van der Waals surface area contributed by atoms with E-state index in [0.717, 1.165) is 5.56 Å². The van der Waals surface area contributed by atoms with Crippen LogP contribution in [-0.2, 0) is 0 Å². The van der Waals surface area contributed by atoms with Crippen molar-refractivity contribution < 1.29 is 19.4 Å². The van der Waals surface area contributed by atoms with Crippen molar-refractivity contribution in [1.82, 2.24) is 10.3 Å². The molecule has 1 aromatic heterocycles. The molecule has 2 amide bonds. The summed E-state index contributed by atoms with van der Waals surface area (Å²) in [4.78, 5) is 28.0. The molecule has 7 heteroatoms. The smallest absolute Gasteiger partial charge is 0.269 e. The first-order valence-corrected chi connectivity index (χ1v) is 8.53. The van der Waals surface area contributed by atoms with Crippen LogP contribution < -0.4 is 15.4 Å². The third kappa shape index (κ3) is 4.45.